The molecule has 0 spiro atoms. The third kappa shape index (κ3) is 5.87. The molecular weight excluding hydrogens is 254 g/mol. The van der Waals surface area contributed by atoms with Crippen LogP contribution in [-0.4, -0.2) is 29.8 Å². The minimum absolute atomic E-state index is 0.00941. The highest BCUT2D eigenvalue weighted by Gasteiger charge is 2.13. The number of aliphatic hydroxyl groups is 1. The van der Waals surface area contributed by atoms with Crippen LogP contribution in [0.4, 0.5) is 5.69 Å². The van der Waals surface area contributed by atoms with Crippen molar-refractivity contribution in [1.82, 2.24) is 0 Å². The van der Waals surface area contributed by atoms with Gasteiger partial charge in [0.1, 0.15) is 13.2 Å². The topological polar surface area (TPSA) is 58.6 Å². The Hall–Kier alpha value is -1.83. The van der Waals surface area contributed by atoms with Crippen LogP contribution in [-0.2, 0) is 9.53 Å². The third-order valence-electron chi connectivity index (χ3n) is 2.46. The maximum atomic E-state index is 11.8. The predicted molar refractivity (Wildman–Crippen MR) is 79.5 cm³/mol. The van der Waals surface area contributed by atoms with Gasteiger partial charge < -0.3 is 15.2 Å². The van der Waals surface area contributed by atoms with Crippen LogP contribution >= 0.6 is 0 Å². The van der Waals surface area contributed by atoms with Crippen molar-refractivity contribution < 1.29 is 14.6 Å². The monoisotopic (exact) mass is 275 g/mol. The lowest BCUT2D eigenvalue weighted by atomic mass is 10.1. The number of nitrogens with one attached hydrogen (secondary N) is 1. The van der Waals surface area contributed by atoms with Gasteiger partial charge in [0.05, 0.1) is 5.60 Å². The summed E-state index contributed by atoms with van der Waals surface area (Å²) < 4.78 is 5.43. The number of aliphatic hydroxyl groups excluding tert-OH is 1. The molecule has 0 aliphatic rings. The first-order valence-electron chi connectivity index (χ1n) is 6.46. The molecule has 0 saturated carbocycles. The number of ether oxygens (including phenoxy) is 1. The SMILES string of the molecule is Cc1ccc(C#CCO)cc1NC(=O)COC(C)(C)C. The minimum Gasteiger partial charge on any atom is -0.384 e. The second-order valence-corrected chi connectivity index (χ2v) is 5.44. The van der Waals surface area contributed by atoms with E-state index in [0.717, 1.165) is 11.1 Å². The normalized spacial score (nSPS) is 10.7. The fraction of sp³-hybridized carbons (Fsp3) is 0.438. The van der Waals surface area contributed by atoms with E-state index in [1.807, 2.05) is 39.8 Å². The number of aryl methyl sites for hydroxylation is 1. The van der Waals surface area contributed by atoms with Crippen LogP contribution in [0.2, 0.25) is 0 Å². The molecule has 1 rings (SSSR count). The van der Waals surface area contributed by atoms with Crippen LogP contribution in [0.3, 0.4) is 0 Å². The van der Waals surface area contributed by atoms with E-state index in [1.54, 1.807) is 6.07 Å². The van der Waals surface area contributed by atoms with Gasteiger partial charge >= 0.3 is 0 Å². The van der Waals surface area contributed by atoms with Crippen LogP contribution < -0.4 is 5.32 Å². The van der Waals surface area contributed by atoms with Gasteiger partial charge in [-0.2, -0.15) is 0 Å². The maximum Gasteiger partial charge on any atom is 0.250 e. The summed E-state index contributed by atoms with van der Waals surface area (Å²) in [6.07, 6.45) is 0. The Morgan fingerprint density at radius 1 is 1.40 bits per heavy atom. The average molecular weight is 275 g/mol. The fourth-order valence-electron chi connectivity index (χ4n) is 1.44. The minimum atomic E-state index is -0.346. The van der Waals surface area contributed by atoms with E-state index in [1.165, 1.54) is 0 Å². The van der Waals surface area contributed by atoms with E-state index >= 15 is 0 Å². The number of hydrogen-bond acceptors (Lipinski definition) is 3. The smallest absolute Gasteiger partial charge is 0.250 e. The van der Waals surface area contributed by atoms with E-state index in [0.29, 0.717) is 5.69 Å². The van der Waals surface area contributed by atoms with E-state index in [9.17, 15) is 4.79 Å². The molecule has 1 aromatic rings. The summed E-state index contributed by atoms with van der Waals surface area (Å²) in [4.78, 5) is 11.8. The number of amides is 1. The third-order valence-corrected chi connectivity index (χ3v) is 2.46. The zero-order valence-corrected chi connectivity index (χ0v) is 12.4. The zero-order chi connectivity index (χ0) is 15.2. The molecule has 0 radical (unpaired) electrons. The van der Waals surface area contributed by atoms with Gasteiger partial charge in [-0.15, -0.1) is 0 Å². The highest BCUT2D eigenvalue weighted by atomic mass is 16.5. The Bertz CT molecular complexity index is 533. The number of carbonyl (C=O) groups excluding carboxylic acids is 1. The molecular formula is C16H21NO3. The Morgan fingerprint density at radius 3 is 2.70 bits per heavy atom. The average Bonchev–Trinajstić information content (AvgIpc) is 2.36. The summed E-state index contributed by atoms with van der Waals surface area (Å²) in [5, 5.41) is 11.5. The van der Waals surface area contributed by atoms with Crippen LogP contribution in [0.15, 0.2) is 18.2 Å². The molecule has 0 unspecified atom stereocenters. The van der Waals surface area contributed by atoms with Crippen molar-refractivity contribution in [2.24, 2.45) is 0 Å². The number of anilines is 1. The highest BCUT2D eigenvalue weighted by molar-refractivity contribution is 5.92. The number of hydrogen-bond donors (Lipinski definition) is 2. The standard InChI is InChI=1S/C16H21NO3/c1-12-7-8-13(6-5-9-18)10-14(12)17-15(19)11-20-16(2,3)4/h7-8,10,18H,9,11H2,1-4H3,(H,17,19). The van der Waals surface area contributed by atoms with Crippen LogP contribution in [0.1, 0.15) is 31.9 Å². The van der Waals surface area contributed by atoms with E-state index in [-0.39, 0.29) is 24.7 Å². The molecule has 0 atom stereocenters. The lowest BCUT2D eigenvalue weighted by molar-refractivity contribution is -0.125. The summed E-state index contributed by atoms with van der Waals surface area (Å²) >= 11 is 0. The summed E-state index contributed by atoms with van der Waals surface area (Å²) in [5.74, 6) is 5.19. The Labute approximate surface area is 120 Å². The van der Waals surface area contributed by atoms with Crippen LogP contribution in [0.25, 0.3) is 0 Å². The first kappa shape index (κ1) is 16.2. The van der Waals surface area contributed by atoms with Gasteiger partial charge in [-0.05, 0) is 45.4 Å². The maximum absolute atomic E-state index is 11.8. The number of carbonyl (C=O) groups is 1. The lowest BCUT2D eigenvalue weighted by Gasteiger charge is -2.19. The molecule has 4 heteroatoms. The molecule has 20 heavy (non-hydrogen) atoms. The van der Waals surface area contributed by atoms with Gasteiger partial charge in [-0.3, -0.25) is 4.79 Å². The summed E-state index contributed by atoms with van der Waals surface area (Å²) in [5.41, 5.74) is 2.05. The van der Waals surface area contributed by atoms with Crippen molar-refractivity contribution in [3.8, 4) is 11.8 Å². The van der Waals surface area contributed by atoms with Crippen molar-refractivity contribution in [1.29, 1.82) is 0 Å². The van der Waals surface area contributed by atoms with Crippen LogP contribution in [0.5, 0.6) is 0 Å². The summed E-state index contributed by atoms with van der Waals surface area (Å²) in [6.45, 7) is 7.43. The molecule has 0 aromatic heterocycles. The summed E-state index contributed by atoms with van der Waals surface area (Å²) in [6, 6.07) is 5.51. The molecule has 0 heterocycles. The Morgan fingerprint density at radius 2 is 2.10 bits per heavy atom. The van der Waals surface area contributed by atoms with Crippen molar-refractivity contribution in [3.05, 3.63) is 29.3 Å². The first-order chi connectivity index (χ1) is 9.31. The molecule has 0 bridgehead atoms. The highest BCUT2D eigenvalue weighted by Crippen LogP contribution is 2.16. The zero-order valence-electron chi connectivity index (χ0n) is 12.4. The Kier molecular flexibility index (Phi) is 5.75. The molecule has 0 aliphatic carbocycles. The molecule has 0 aliphatic heterocycles. The molecule has 1 amide bonds. The fourth-order valence-corrected chi connectivity index (χ4v) is 1.44. The predicted octanol–water partition coefficient (Wildman–Crippen LogP) is 2.09. The van der Waals surface area contributed by atoms with E-state index < -0.39 is 0 Å². The molecule has 0 fully saturated rings. The van der Waals surface area contributed by atoms with Crippen molar-refractivity contribution in [2.45, 2.75) is 33.3 Å². The lowest BCUT2D eigenvalue weighted by Crippen LogP contribution is -2.27. The van der Waals surface area contributed by atoms with Gasteiger partial charge in [0.15, 0.2) is 0 Å². The van der Waals surface area contributed by atoms with E-state index in [4.69, 9.17) is 9.84 Å². The molecule has 1 aromatic carbocycles. The molecule has 4 nitrogen and oxygen atoms in total. The van der Waals surface area contributed by atoms with Crippen molar-refractivity contribution >= 4 is 11.6 Å². The van der Waals surface area contributed by atoms with Crippen molar-refractivity contribution in [3.63, 3.8) is 0 Å². The second kappa shape index (κ2) is 7.09. The molecule has 0 saturated heterocycles. The van der Waals surface area contributed by atoms with E-state index in [2.05, 4.69) is 17.2 Å². The van der Waals surface area contributed by atoms with Gasteiger partial charge in [0.25, 0.3) is 0 Å². The van der Waals surface area contributed by atoms with Gasteiger partial charge in [0, 0.05) is 11.3 Å². The largest absolute Gasteiger partial charge is 0.384 e. The van der Waals surface area contributed by atoms with Crippen LogP contribution in [0, 0.1) is 18.8 Å². The number of rotatable bonds is 3. The molecule has 2 N–H and O–H groups in total. The number of benzene rings is 1. The summed E-state index contributed by atoms with van der Waals surface area (Å²) in [7, 11) is 0. The first-order valence-corrected chi connectivity index (χ1v) is 6.46. The quantitative estimate of drug-likeness (QED) is 0.830. The molecule has 108 valence electrons. The van der Waals surface area contributed by atoms with Crippen molar-refractivity contribution in [2.75, 3.05) is 18.5 Å². The van der Waals surface area contributed by atoms with Gasteiger partial charge in [-0.1, -0.05) is 17.9 Å². The Balaban J connectivity index is 2.73. The van der Waals surface area contributed by atoms with Gasteiger partial charge in [0.2, 0.25) is 5.91 Å². The van der Waals surface area contributed by atoms with Gasteiger partial charge in [-0.25, -0.2) is 0 Å². The second-order valence-electron chi connectivity index (χ2n) is 5.44.